The lowest BCUT2D eigenvalue weighted by Crippen LogP contribution is -2.16. The molecule has 0 bridgehead atoms. The number of hydrogen-bond acceptors (Lipinski definition) is 2. The van der Waals surface area contributed by atoms with Gasteiger partial charge < -0.3 is 5.73 Å². The molecule has 2 rings (SSSR count). The number of hydrogen-bond donors (Lipinski definition) is 2. The summed E-state index contributed by atoms with van der Waals surface area (Å²) in [4.78, 5) is 12.0. The Labute approximate surface area is 104 Å². The van der Waals surface area contributed by atoms with Gasteiger partial charge in [-0.1, -0.05) is 37.1 Å². The van der Waals surface area contributed by atoms with Gasteiger partial charge in [0.1, 0.15) is 5.69 Å². The first-order valence-corrected chi connectivity index (χ1v) is 5.87. The molecular formula is C12H14ClN3O. The fourth-order valence-electron chi connectivity index (χ4n) is 1.74. The average Bonchev–Trinajstić information content (AvgIpc) is 2.59. The summed E-state index contributed by atoms with van der Waals surface area (Å²) in [5, 5.41) is 3.52. The van der Waals surface area contributed by atoms with Gasteiger partial charge in [-0.15, -0.1) is 0 Å². The fourth-order valence-corrected chi connectivity index (χ4v) is 1.96. The number of nitrogens with one attached hydrogen (secondary N) is 1. The summed E-state index contributed by atoms with van der Waals surface area (Å²) in [5.74, 6) is 0. The molecule has 0 amide bonds. The van der Waals surface area contributed by atoms with Crippen LogP contribution in [0.3, 0.4) is 0 Å². The fraction of sp³-hybridized carbons (Fsp3) is 0.250. The minimum Gasteiger partial charge on any atom is -0.393 e. The van der Waals surface area contributed by atoms with E-state index in [1.165, 1.54) is 4.68 Å². The molecule has 0 unspecified atom stereocenters. The molecule has 1 aromatic heterocycles. The molecule has 1 heterocycles. The van der Waals surface area contributed by atoms with Crippen LogP contribution in [0.25, 0.3) is 5.69 Å². The van der Waals surface area contributed by atoms with Crippen molar-refractivity contribution in [1.82, 2.24) is 9.78 Å². The lowest BCUT2D eigenvalue weighted by molar-refractivity contribution is 0.794. The van der Waals surface area contributed by atoms with Crippen molar-refractivity contribution < 1.29 is 0 Å². The normalized spacial score (nSPS) is 10.7. The monoisotopic (exact) mass is 251 g/mol. The van der Waals surface area contributed by atoms with Crippen molar-refractivity contribution in [1.29, 1.82) is 0 Å². The molecule has 0 radical (unpaired) electrons. The summed E-state index contributed by atoms with van der Waals surface area (Å²) in [6.07, 6.45) is 1.67. The zero-order chi connectivity index (χ0) is 12.4. The molecule has 0 aliphatic rings. The van der Waals surface area contributed by atoms with Crippen molar-refractivity contribution in [3.8, 4) is 5.69 Å². The van der Waals surface area contributed by atoms with E-state index in [2.05, 4.69) is 5.10 Å². The molecule has 0 saturated carbocycles. The maximum atomic E-state index is 12.0. The van der Waals surface area contributed by atoms with Gasteiger partial charge in [0, 0.05) is 0 Å². The van der Waals surface area contributed by atoms with Crippen molar-refractivity contribution in [2.75, 3.05) is 5.73 Å². The number of nitrogens with two attached hydrogens (primary N) is 1. The van der Waals surface area contributed by atoms with E-state index in [0.717, 1.165) is 18.5 Å². The van der Waals surface area contributed by atoms with E-state index in [1.807, 2.05) is 19.1 Å². The van der Waals surface area contributed by atoms with E-state index in [0.29, 0.717) is 10.7 Å². The second-order valence-electron chi connectivity index (χ2n) is 3.85. The lowest BCUT2D eigenvalue weighted by Gasteiger charge is -2.03. The standard InChI is InChI=1S/C12H14ClN3O/c1-2-5-9-11(14)12(17)16(15-9)10-7-4-3-6-8(10)13/h3-4,6-7,15H,2,5,14H2,1H3. The highest BCUT2D eigenvalue weighted by Crippen LogP contribution is 2.19. The van der Waals surface area contributed by atoms with Gasteiger partial charge in [-0.25, -0.2) is 4.68 Å². The Morgan fingerprint density at radius 2 is 2.12 bits per heavy atom. The molecule has 17 heavy (non-hydrogen) atoms. The van der Waals surface area contributed by atoms with Crippen LogP contribution in [-0.2, 0) is 6.42 Å². The van der Waals surface area contributed by atoms with Crippen LogP contribution < -0.4 is 11.3 Å². The van der Waals surface area contributed by atoms with Crippen molar-refractivity contribution in [2.45, 2.75) is 19.8 Å². The van der Waals surface area contributed by atoms with Crippen LogP contribution in [0.2, 0.25) is 5.02 Å². The number of para-hydroxylation sites is 1. The van der Waals surface area contributed by atoms with E-state index < -0.39 is 0 Å². The largest absolute Gasteiger partial charge is 0.393 e. The number of rotatable bonds is 3. The zero-order valence-electron chi connectivity index (χ0n) is 9.53. The number of anilines is 1. The van der Waals surface area contributed by atoms with E-state index in [9.17, 15) is 4.79 Å². The number of nitrogen functional groups attached to an aromatic ring is 1. The Morgan fingerprint density at radius 1 is 1.41 bits per heavy atom. The number of nitrogens with zero attached hydrogens (tertiary/aromatic N) is 1. The third-order valence-corrected chi connectivity index (χ3v) is 2.92. The molecule has 0 aliphatic heterocycles. The Kier molecular flexibility index (Phi) is 3.24. The third-order valence-electron chi connectivity index (χ3n) is 2.60. The Hall–Kier alpha value is -1.68. The first-order chi connectivity index (χ1) is 8.15. The summed E-state index contributed by atoms with van der Waals surface area (Å²) < 4.78 is 1.39. The van der Waals surface area contributed by atoms with E-state index >= 15 is 0 Å². The van der Waals surface area contributed by atoms with Gasteiger partial charge in [0.25, 0.3) is 5.56 Å². The summed E-state index contributed by atoms with van der Waals surface area (Å²) in [6.45, 7) is 2.03. The number of aromatic amines is 1. The van der Waals surface area contributed by atoms with Crippen molar-refractivity contribution in [3.63, 3.8) is 0 Å². The molecule has 1 aromatic carbocycles. The molecule has 5 heteroatoms. The predicted molar refractivity (Wildman–Crippen MR) is 69.8 cm³/mol. The molecule has 0 atom stereocenters. The van der Waals surface area contributed by atoms with Gasteiger partial charge in [0.2, 0.25) is 0 Å². The molecule has 2 aromatic rings. The second kappa shape index (κ2) is 4.67. The maximum Gasteiger partial charge on any atom is 0.294 e. The number of aryl methyl sites for hydroxylation is 1. The number of H-pyrrole nitrogens is 1. The summed E-state index contributed by atoms with van der Waals surface area (Å²) in [6, 6.07) is 7.15. The Bertz CT molecular complexity index is 586. The molecular weight excluding hydrogens is 238 g/mol. The molecule has 0 fully saturated rings. The highest BCUT2D eigenvalue weighted by molar-refractivity contribution is 6.32. The van der Waals surface area contributed by atoms with E-state index in [1.54, 1.807) is 12.1 Å². The summed E-state index contributed by atoms with van der Waals surface area (Å²) in [5.41, 5.74) is 7.17. The Balaban J connectivity index is 2.58. The van der Waals surface area contributed by atoms with Crippen molar-refractivity contribution in [2.24, 2.45) is 0 Å². The van der Waals surface area contributed by atoms with Gasteiger partial charge in [0.15, 0.2) is 0 Å². The highest BCUT2D eigenvalue weighted by atomic mass is 35.5. The van der Waals surface area contributed by atoms with Gasteiger partial charge in [-0.05, 0) is 18.6 Å². The molecule has 3 N–H and O–H groups in total. The lowest BCUT2D eigenvalue weighted by atomic mass is 10.2. The molecule has 90 valence electrons. The minimum atomic E-state index is -0.249. The quantitative estimate of drug-likeness (QED) is 0.880. The summed E-state index contributed by atoms with van der Waals surface area (Å²) in [7, 11) is 0. The first-order valence-electron chi connectivity index (χ1n) is 5.49. The van der Waals surface area contributed by atoms with Crippen LogP contribution in [0.4, 0.5) is 5.69 Å². The van der Waals surface area contributed by atoms with Gasteiger partial charge in [-0.2, -0.15) is 0 Å². The van der Waals surface area contributed by atoms with Crippen LogP contribution in [-0.4, -0.2) is 9.78 Å². The predicted octanol–water partition coefficient (Wildman–Crippen LogP) is 2.35. The van der Waals surface area contributed by atoms with Gasteiger partial charge >= 0.3 is 0 Å². The highest BCUT2D eigenvalue weighted by Gasteiger charge is 2.12. The summed E-state index contributed by atoms with van der Waals surface area (Å²) >= 11 is 6.05. The van der Waals surface area contributed by atoms with Crippen LogP contribution in [0.15, 0.2) is 29.1 Å². The SMILES string of the molecule is CCCc1[nH]n(-c2ccccc2Cl)c(=O)c1N. The average molecular weight is 252 g/mol. The number of benzene rings is 1. The topological polar surface area (TPSA) is 63.8 Å². The zero-order valence-corrected chi connectivity index (χ0v) is 10.3. The van der Waals surface area contributed by atoms with Crippen molar-refractivity contribution >= 4 is 17.3 Å². The van der Waals surface area contributed by atoms with Crippen LogP contribution >= 0.6 is 11.6 Å². The minimum absolute atomic E-state index is 0.249. The smallest absolute Gasteiger partial charge is 0.294 e. The third kappa shape index (κ3) is 2.08. The van der Waals surface area contributed by atoms with Crippen LogP contribution in [0, 0.1) is 0 Å². The van der Waals surface area contributed by atoms with E-state index in [4.69, 9.17) is 17.3 Å². The van der Waals surface area contributed by atoms with Crippen LogP contribution in [0.1, 0.15) is 19.0 Å². The van der Waals surface area contributed by atoms with E-state index in [-0.39, 0.29) is 11.2 Å². The number of aromatic nitrogens is 2. The Morgan fingerprint density at radius 3 is 2.76 bits per heavy atom. The van der Waals surface area contributed by atoms with Crippen LogP contribution in [0.5, 0.6) is 0 Å². The molecule has 4 nitrogen and oxygen atoms in total. The van der Waals surface area contributed by atoms with Gasteiger partial charge in [0.05, 0.1) is 16.4 Å². The molecule has 0 spiro atoms. The van der Waals surface area contributed by atoms with Crippen molar-refractivity contribution in [3.05, 3.63) is 45.3 Å². The molecule has 0 saturated heterocycles. The second-order valence-corrected chi connectivity index (χ2v) is 4.25. The van der Waals surface area contributed by atoms with Gasteiger partial charge in [-0.3, -0.25) is 9.89 Å². The molecule has 0 aliphatic carbocycles. The number of halogens is 1. The maximum absolute atomic E-state index is 12.0. The first kappa shape index (κ1) is 11.8.